The lowest BCUT2D eigenvalue weighted by Crippen LogP contribution is -2.36. The topological polar surface area (TPSA) is 61.0 Å². The quantitative estimate of drug-likeness (QED) is 0.895. The largest absolute Gasteiger partial charge is 0.480 e. The molecule has 0 spiro atoms. The predicted molar refractivity (Wildman–Crippen MR) is 70.4 cm³/mol. The Morgan fingerprint density at radius 1 is 1.17 bits per heavy atom. The van der Waals surface area contributed by atoms with Crippen LogP contribution in [0.25, 0.3) is 0 Å². The van der Waals surface area contributed by atoms with Crippen LogP contribution in [0, 0.1) is 6.92 Å². The maximum absolute atomic E-state index is 6.45. The fourth-order valence-corrected chi connectivity index (χ4v) is 2.11. The zero-order valence-corrected chi connectivity index (χ0v) is 10.8. The second-order valence-corrected chi connectivity index (χ2v) is 4.43. The smallest absolute Gasteiger partial charge is 0.237 e. The van der Waals surface area contributed by atoms with Gasteiger partial charge >= 0.3 is 0 Å². The van der Waals surface area contributed by atoms with Crippen LogP contribution in [0.4, 0.5) is 0 Å². The van der Waals surface area contributed by atoms with Gasteiger partial charge in [0, 0.05) is 12.4 Å². The van der Waals surface area contributed by atoms with Crippen molar-refractivity contribution in [2.75, 3.05) is 7.11 Å². The number of hydrogen-bond acceptors (Lipinski definition) is 4. The molecule has 0 saturated carbocycles. The van der Waals surface area contributed by atoms with Gasteiger partial charge in [-0.3, -0.25) is 4.98 Å². The van der Waals surface area contributed by atoms with Crippen LogP contribution in [-0.2, 0) is 5.54 Å². The lowest BCUT2D eigenvalue weighted by molar-refractivity contribution is 0.376. The summed E-state index contributed by atoms with van der Waals surface area (Å²) in [5.41, 5.74) is 8.50. The molecule has 2 rings (SSSR count). The third-order valence-electron chi connectivity index (χ3n) is 3.05. The molecule has 2 aromatic rings. The number of nitrogens with zero attached hydrogens (tertiary/aromatic N) is 2. The minimum absolute atomic E-state index is 0.464. The highest BCUT2D eigenvalue weighted by molar-refractivity contribution is 5.41. The van der Waals surface area contributed by atoms with E-state index in [1.165, 1.54) is 0 Å². The SMILES string of the molecule is COc1nccnc1C(C)(N)c1ccccc1C. The van der Waals surface area contributed by atoms with Crippen molar-refractivity contribution in [2.24, 2.45) is 5.73 Å². The first-order valence-corrected chi connectivity index (χ1v) is 5.78. The fraction of sp³-hybridized carbons (Fsp3) is 0.286. The number of aryl methyl sites for hydroxylation is 1. The Bertz CT molecular complexity index is 552. The van der Waals surface area contributed by atoms with Gasteiger partial charge in [-0.15, -0.1) is 0 Å². The van der Waals surface area contributed by atoms with E-state index in [1.54, 1.807) is 19.5 Å². The molecule has 1 heterocycles. The van der Waals surface area contributed by atoms with Crippen molar-refractivity contribution in [2.45, 2.75) is 19.4 Å². The lowest BCUT2D eigenvalue weighted by atomic mass is 9.86. The monoisotopic (exact) mass is 243 g/mol. The van der Waals surface area contributed by atoms with Crippen LogP contribution in [0.5, 0.6) is 5.88 Å². The Labute approximate surface area is 107 Å². The minimum atomic E-state index is -0.731. The van der Waals surface area contributed by atoms with Crippen LogP contribution < -0.4 is 10.5 Å². The molecule has 0 radical (unpaired) electrons. The molecule has 4 heteroatoms. The fourth-order valence-electron chi connectivity index (χ4n) is 2.11. The standard InChI is InChI=1S/C14H17N3O/c1-10-6-4-5-7-11(10)14(2,15)12-13(18-3)17-9-8-16-12/h4-9H,15H2,1-3H3. The number of aromatic nitrogens is 2. The molecular formula is C14H17N3O. The Hall–Kier alpha value is -1.94. The van der Waals surface area contributed by atoms with E-state index in [2.05, 4.69) is 9.97 Å². The second-order valence-electron chi connectivity index (χ2n) is 4.43. The van der Waals surface area contributed by atoms with Crippen LogP contribution in [0.2, 0.25) is 0 Å². The van der Waals surface area contributed by atoms with Gasteiger partial charge in [-0.25, -0.2) is 4.98 Å². The number of methoxy groups -OCH3 is 1. The molecule has 4 nitrogen and oxygen atoms in total. The number of ether oxygens (including phenoxy) is 1. The van der Waals surface area contributed by atoms with E-state index in [-0.39, 0.29) is 0 Å². The van der Waals surface area contributed by atoms with Crippen molar-refractivity contribution in [3.8, 4) is 5.88 Å². The Morgan fingerprint density at radius 3 is 2.50 bits per heavy atom. The summed E-state index contributed by atoms with van der Waals surface area (Å²) >= 11 is 0. The molecule has 1 unspecified atom stereocenters. The van der Waals surface area contributed by atoms with E-state index in [9.17, 15) is 0 Å². The first-order chi connectivity index (χ1) is 8.57. The molecule has 94 valence electrons. The van der Waals surface area contributed by atoms with Gasteiger partial charge in [0.25, 0.3) is 0 Å². The number of nitrogens with two attached hydrogens (primary N) is 1. The molecule has 0 aliphatic heterocycles. The molecule has 0 amide bonds. The molecule has 2 N–H and O–H groups in total. The van der Waals surface area contributed by atoms with Gasteiger partial charge < -0.3 is 10.5 Å². The molecule has 0 aliphatic rings. The molecule has 0 fully saturated rings. The third-order valence-corrected chi connectivity index (χ3v) is 3.05. The number of benzene rings is 1. The highest BCUT2D eigenvalue weighted by Crippen LogP contribution is 2.31. The highest BCUT2D eigenvalue weighted by Gasteiger charge is 2.30. The van der Waals surface area contributed by atoms with Crippen LogP contribution >= 0.6 is 0 Å². The summed E-state index contributed by atoms with van der Waals surface area (Å²) in [4.78, 5) is 8.48. The van der Waals surface area contributed by atoms with Crippen molar-refractivity contribution in [3.63, 3.8) is 0 Å². The maximum Gasteiger partial charge on any atom is 0.237 e. The maximum atomic E-state index is 6.45. The first-order valence-electron chi connectivity index (χ1n) is 5.78. The molecule has 1 aromatic carbocycles. The van der Waals surface area contributed by atoms with Crippen LogP contribution in [0.3, 0.4) is 0 Å². The van der Waals surface area contributed by atoms with Gasteiger partial charge in [-0.1, -0.05) is 24.3 Å². The van der Waals surface area contributed by atoms with Crippen molar-refractivity contribution < 1.29 is 4.74 Å². The molecule has 0 bridgehead atoms. The van der Waals surface area contributed by atoms with Gasteiger partial charge in [0.05, 0.1) is 12.6 Å². The highest BCUT2D eigenvalue weighted by atomic mass is 16.5. The number of hydrogen-bond donors (Lipinski definition) is 1. The van der Waals surface area contributed by atoms with Gasteiger partial charge in [0.2, 0.25) is 5.88 Å². The van der Waals surface area contributed by atoms with E-state index in [4.69, 9.17) is 10.5 Å². The Morgan fingerprint density at radius 2 is 1.83 bits per heavy atom. The molecule has 0 aliphatic carbocycles. The average Bonchev–Trinajstić information content (AvgIpc) is 2.39. The molecule has 1 aromatic heterocycles. The predicted octanol–water partition coefficient (Wildman–Crippen LogP) is 2.02. The summed E-state index contributed by atoms with van der Waals surface area (Å²) in [6.07, 6.45) is 3.22. The van der Waals surface area contributed by atoms with Crippen molar-refractivity contribution in [3.05, 3.63) is 53.5 Å². The minimum Gasteiger partial charge on any atom is -0.480 e. The normalized spacial score (nSPS) is 14.0. The van der Waals surface area contributed by atoms with Crippen molar-refractivity contribution in [1.82, 2.24) is 9.97 Å². The third kappa shape index (κ3) is 2.07. The van der Waals surface area contributed by atoms with E-state index < -0.39 is 5.54 Å². The Balaban J connectivity index is 2.58. The first kappa shape index (κ1) is 12.5. The van der Waals surface area contributed by atoms with Crippen molar-refractivity contribution >= 4 is 0 Å². The summed E-state index contributed by atoms with van der Waals surface area (Å²) in [5, 5.41) is 0. The lowest BCUT2D eigenvalue weighted by Gasteiger charge is -2.27. The molecule has 18 heavy (non-hydrogen) atoms. The van der Waals surface area contributed by atoms with E-state index >= 15 is 0 Å². The van der Waals surface area contributed by atoms with E-state index in [0.29, 0.717) is 11.6 Å². The summed E-state index contributed by atoms with van der Waals surface area (Å²) in [5.74, 6) is 0.464. The average molecular weight is 243 g/mol. The summed E-state index contributed by atoms with van der Waals surface area (Å²) in [6, 6.07) is 7.99. The Kier molecular flexibility index (Phi) is 3.30. The van der Waals surface area contributed by atoms with Crippen LogP contribution in [-0.4, -0.2) is 17.1 Å². The summed E-state index contributed by atoms with van der Waals surface area (Å²) in [7, 11) is 1.57. The van der Waals surface area contributed by atoms with Gasteiger partial charge in [0.15, 0.2) is 0 Å². The van der Waals surface area contributed by atoms with E-state index in [1.807, 2.05) is 38.1 Å². The van der Waals surface area contributed by atoms with Crippen LogP contribution in [0.15, 0.2) is 36.7 Å². The molecule has 0 saturated heterocycles. The number of rotatable bonds is 3. The second kappa shape index (κ2) is 4.74. The van der Waals surface area contributed by atoms with Crippen molar-refractivity contribution in [1.29, 1.82) is 0 Å². The molecule has 1 atom stereocenters. The van der Waals surface area contributed by atoms with Crippen LogP contribution in [0.1, 0.15) is 23.7 Å². The van der Waals surface area contributed by atoms with Gasteiger partial charge in [-0.05, 0) is 25.0 Å². The summed E-state index contributed by atoms with van der Waals surface area (Å²) < 4.78 is 5.24. The van der Waals surface area contributed by atoms with E-state index in [0.717, 1.165) is 11.1 Å². The zero-order valence-electron chi connectivity index (χ0n) is 10.8. The van der Waals surface area contributed by atoms with Gasteiger partial charge in [0.1, 0.15) is 5.69 Å². The van der Waals surface area contributed by atoms with Gasteiger partial charge in [-0.2, -0.15) is 0 Å². The molecular weight excluding hydrogens is 226 g/mol. The zero-order chi connectivity index (χ0) is 13.2. The summed E-state index contributed by atoms with van der Waals surface area (Å²) in [6.45, 7) is 3.95.